The molecule has 0 aromatic carbocycles. The van der Waals surface area contributed by atoms with Crippen molar-refractivity contribution in [1.82, 2.24) is 5.16 Å². The van der Waals surface area contributed by atoms with Crippen LogP contribution in [0.1, 0.15) is 24.7 Å². The topological polar surface area (TPSA) is 83.6 Å². The third kappa shape index (κ3) is 0.988. The van der Waals surface area contributed by atoms with E-state index in [-0.39, 0.29) is 11.7 Å². The van der Waals surface area contributed by atoms with Crippen LogP contribution in [0.4, 0.5) is 0 Å². The van der Waals surface area contributed by atoms with Crippen molar-refractivity contribution in [2.75, 3.05) is 0 Å². The van der Waals surface area contributed by atoms with E-state index in [0.717, 1.165) is 0 Å². The predicted octanol–water partition coefficient (Wildman–Crippen LogP) is 0.529. The van der Waals surface area contributed by atoms with Gasteiger partial charge in [0.2, 0.25) is 5.60 Å². The van der Waals surface area contributed by atoms with Gasteiger partial charge in [-0.3, -0.25) is 0 Å². The summed E-state index contributed by atoms with van der Waals surface area (Å²) in [7, 11) is 0. The number of fused-ring (bicyclic) bond motifs is 1. The molecule has 0 bridgehead atoms. The van der Waals surface area contributed by atoms with Crippen LogP contribution in [0.15, 0.2) is 10.7 Å². The van der Waals surface area contributed by atoms with Crippen LogP contribution in [0, 0.1) is 5.92 Å². The number of aryl methyl sites for hydroxylation is 1. The van der Waals surface area contributed by atoms with Gasteiger partial charge in [-0.25, -0.2) is 4.79 Å². The molecule has 0 spiro atoms. The minimum Gasteiger partial charge on any atom is -0.479 e. The minimum atomic E-state index is -1.91. The quantitative estimate of drug-likeness (QED) is 0.686. The number of aliphatic hydroxyl groups is 1. The molecule has 0 fully saturated rings. The second kappa shape index (κ2) is 2.81. The molecule has 0 saturated carbocycles. The maximum atomic E-state index is 11.0. The van der Waals surface area contributed by atoms with Crippen LogP contribution >= 0.6 is 0 Å². The standard InChI is InChI=1S/C9H11NO4/c1-5-2-3-6-4-10-14-7(6)9(5,13)8(11)12/h4-5,13H,2-3H2,1H3,(H,11,12). The lowest BCUT2D eigenvalue weighted by atomic mass is 9.76. The van der Waals surface area contributed by atoms with Crippen LogP contribution < -0.4 is 0 Å². The molecule has 76 valence electrons. The molecule has 0 saturated heterocycles. The zero-order chi connectivity index (χ0) is 10.3. The number of aliphatic carboxylic acids is 1. The normalized spacial score (nSPS) is 31.1. The van der Waals surface area contributed by atoms with Gasteiger partial charge in [0.15, 0.2) is 5.76 Å². The molecule has 1 aromatic heterocycles. The Morgan fingerprint density at radius 2 is 2.50 bits per heavy atom. The number of rotatable bonds is 1. The molecule has 2 unspecified atom stereocenters. The smallest absolute Gasteiger partial charge is 0.344 e. The summed E-state index contributed by atoms with van der Waals surface area (Å²) in [6.07, 6.45) is 2.79. The maximum Gasteiger partial charge on any atom is 0.344 e. The number of carbonyl (C=O) groups is 1. The molecule has 1 aromatic rings. The van der Waals surface area contributed by atoms with E-state index in [1.807, 2.05) is 0 Å². The molecule has 2 N–H and O–H groups in total. The van der Waals surface area contributed by atoms with E-state index in [1.54, 1.807) is 6.92 Å². The zero-order valence-corrected chi connectivity index (χ0v) is 7.73. The lowest BCUT2D eigenvalue weighted by Gasteiger charge is -2.31. The molecule has 0 aliphatic heterocycles. The van der Waals surface area contributed by atoms with E-state index in [1.165, 1.54) is 6.20 Å². The second-order valence-corrected chi connectivity index (χ2v) is 3.69. The van der Waals surface area contributed by atoms with Crippen LogP contribution in [0.5, 0.6) is 0 Å². The van der Waals surface area contributed by atoms with Crippen molar-refractivity contribution in [3.8, 4) is 0 Å². The summed E-state index contributed by atoms with van der Waals surface area (Å²) in [5, 5.41) is 22.5. The Morgan fingerprint density at radius 3 is 3.14 bits per heavy atom. The number of hydrogen-bond donors (Lipinski definition) is 2. The summed E-state index contributed by atoms with van der Waals surface area (Å²) in [6, 6.07) is 0. The highest BCUT2D eigenvalue weighted by molar-refractivity contribution is 5.79. The first-order valence-electron chi connectivity index (χ1n) is 4.46. The number of nitrogens with zero attached hydrogens (tertiary/aromatic N) is 1. The fraction of sp³-hybridized carbons (Fsp3) is 0.556. The van der Waals surface area contributed by atoms with Gasteiger partial charge in [-0.1, -0.05) is 12.1 Å². The van der Waals surface area contributed by atoms with E-state index in [4.69, 9.17) is 9.63 Å². The van der Waals surface area contributed by atoms with Crippen molar-refractivity contribution in [2.24, 2.45) is 5.92 Å². The van der Waals surface area contributed by atoms with Gasteiger partial charge in [0, 0.05) is 11.5 Å². The zero-order valence-electron chi connectivity index (χ0n) is 7.73. The highest BCUT2D eigenvalue weighted by atomic mass is 16.5. The van der Waals surface area contributed by atoms with Crippen molar-refractivity contribution in [3.63, 3.8) is 0 Å². The average Bonchev–Trinajstić information content (AvgIpc) is 2.59. The van der Waals surface area contributed by atoms with Crippen molar-refractivity contribution in [2.45, 2.75) is 25.4 Å². The molecule has 1 aliphatic rings. The second-order valence-electron chi connectivity index (χ2n) is 3.69. The Labute approximate surface area is 80.3 Å². The summed E-state index contributed by atoms with van der Waals surface area (Å²) in [5.41, 5.74) is -1.22. The third-order valence-corrected chi connectivity index (χ3v) is 2.88. The van der Waals surface area contributed by atoms with Crippen LogP contribution in [0.3, 0.4) is 0 Å². The van der Waals surface area contributed by atoms with Crippen molar-refractivity contribution < 1.29 is 19.5 Å². The molecule has 14 heavy (non-hydrogen) atoms. The summed E-state index contributed by atoms with van der Waals surface area (Å²) in [5.74, 6) is -1.55. The van der Waals surface area contributed by atoms with Crippen molar-refractivity contribution in [3.05, 3.63) is 17.5 Å². The monoisotopic (exact) mass is 197 g/mol. The largest absolute Gasteiger partial charge is 0.479 e. The Bertz CT molecular complexity index is 373. The van der Waals surface area contributed by atoms with E-state index in [0.29, 0.717) is 18.4 Å². The molecule has 1 heterocycles. The van der Waals surface area contributed by atoms with E-state index < -0.39 is 11.6 Å². The molecular formula is C9H11NO4. The fourth-order valence-corrected chi connectivity index (χ4v) is 1.86. The van der Waals surface area contributed by atoms with Gasteiger partial charge in [-0.2, -0.15) is 0 Å². The Hall–Kier alpha value is -1.36. The highest BCUT2D eigenvalue weighted by Gasteiger charge is 2.50. The van der Waals surface area contributed by atoms with Crippen molar-refractivity contribution in [1.29, 1.82) is 0 Å². The number of carboxylic acid groups (broad SMARTS) is 1. The first kappa shape index (κ1) is 9.21. The highest BCUT2D eigenvalue weighted by Crippen LogP contribution is 2.39. The number of carboxylic acids is 1. The Balaban J connectivity index is 2.56. The Kier molecular flexibility index (Phi) is 1.85. The SMILES string of the molecule is CC1CCc2cnoc2C1(O)C(=O)O. The van der Waals surface area contributed by atoms with E-state index in [2.05, 4.69) is 5.16 Å². The first-order valence-corrected chi connectivity index (χ1v) is 4.46. The molecule has 1 aliphatic carbocycles. The maximum absolute atomic E-state index is 11.0. The van der Waals surface area contributed by atoms with E-state index in [9.17, 15) is 9.90 Å². The van der Waals surface area contributed by atoms with Crippen LogP contribution in [0.25, 0.3) is 0 Å². The molecule has 5 nitrogen and oxygen atoms in total. The molecule has 2 atom stereocenters. The minimum absolute atomic E-state index is 0.0868. The van der Waals surface area contributed by atoms with Gasteiger partial charge >= 0.3 is 5.97 Å². The van der Waals surface area contributed by atoms with Gasteiger partial charge < -0.3 is 14.7 Å². The third-order valence-electron chi connectivity index (χ3n) is 2.88. The molecule has 2 rings (SSSR count). The van der Waals surface area contributed by atoms with Gasteiger partial charge in [0.05, 0.1) is 6.20 Å². The van der Waals surface area contributed by atoms with Gasteiger partial charge in [-0.15, -0.1) is 0 Å². The first-order chi connectivity index (χ1) is 6.56. The predicted molar refractivity (Wildman–Crippen MR) is 45.5 cm³/mol. The average molecular weight is 197 g/mol. The molecule has 0 amide bonds. The summed E-state index contributed by atoms with van der Waals surface area (Å²) in [6.45, 7) is 1.69. The van der Waals surface area contributed by atoms with Crippen LogP contribution in [-0.2, 0) is 16.8 Å². The summed E-state index contributed by atoms with van der Waals surface area (Å²) >= 11 is 0. The molecule has 5 heteroatoms. The Morgan fingerprint density at radius 1 is 1.79 bits per heavy atom. The molecule has 0 radical (unpaired) electrons. The number of aromatic nitrogens is 1. The van der Waals surface area contributed by atoms with E-state index >= 15 is 0 Å². The van der Waals surface area contributed by atoms with Gasteiger partial charge in [-0.05, 0) is 12.8 Å². The summed E-state index contributed by atoms with van der Waals surface area (Å²) < 4.78 is 4.82. The number of hydrogen-bond acceptors (Lipinski definition) is 4. The van der Waals surface area contributed by atoms with Gasteiger partial charge in [0.1, 0.15) is 0 Å². The fourth-order valence-electron chi connectivity index (χ4n) is 1.86. The summed E-state index contributed by atoms with van der Waals surface area (Å²) in [4.78, 5) is 11.0. The lowest BCUT2D eigenvalue weighted by Crippen LogP contribution is -2.44. The van der Waals surface area contributed by atoms with Crippen LogP contribution in [0.2, 0.25) is 0 Å². The lowest BCUT2D eigenvalue weighted by molar-refractivity contribution is -0.170. The van der Waals surface area contributed by atoms with Crippen LogP contribution in [-0.4, -0.2) is 21.3 Å². The molecular weight excluding hydrogens is 186 g/mol. The van der Waals surface area contributed by atoms with Crippen molar-refractivity contribution >= 4 is 5.97 Å². The van der Waals surface area contributed by atoms with Gasteiger partial charge in [0.25, 0.3) is 0 Å².